The zero-order chi connectivity index (χ0) is 46.1. The van der Waals surface area contributed by atoms with Crippen molar-refractivity contribution in [3.05, 3.63) is 260 Å². The molecule has 0 fully saturated rings. The first kappa shape index (κ1) is 41.6. The summed E-state index contributed by atoms with van der Waals surface area (Å²) < 4.78 is 0. The van der Waals surface area contributed by atoms with Gasteiger partial charge in [0.1, 0.15) is 0 Å². The molecule has 1 aromatic heterocycles. The van der Waals surface area contributed by atoms with E-state index in [-0.39, 0.29) is 5.92 Å². The van der Waals surface area contributed by atoms with Crippen LogP contribution in [0.4, 0.5) is 0 Å². The summed E-state index contributed by atoms with van der Waals surface area (Å²) in [5.74, 6) is 2.21. The van der Waals surface area contributed by atoms with Crippen molar-refractivity contribution in [1.82, 2.24) is 15.0 Å². The molecule has 1 aliphatic carbocycles. The molecule has 1 aliphatic rings. The van der Waals surface area contributed by atoms with Gasteiger partial charge in [-0.3, -0.25) is 0 Å². The lowest BCUT2D eigenvalue weighted by molar-refractivity contribution is 0.749. The number of benzene rings is 10. The van der Waals surface area contributed by atoms with E-state index in [1.165, 1.54) is 66.1 Å². The molecule has 12 rings (SSSR count). The molecule has 1 unspecified atom stereocenters. The van der Waals surface area contributed by atoms with Crippen molar-refractivity contribution < 1.29 is 0 Å². The van der Waals surface area contributed by atoms with Gasteiger partial charge in [0.25, 0.3) is 0 Å². The molecule has 3 nitrogen and oxygen atoms in total. The second-order valence-corrected chi connectivity index (χ2v) is 18.0. The SMILES string of the molecule is CC1CC=C(c2cccc3ccccc23)C=C1c1nc(-c2ccc(-c3cccc(-c4cccc(-c5ccccc5)c4)c3)cc2)nc(-c2ccc(-c3cccc(-c4cccc5ccccc45)c3)cc2)n1. The lowest BCUT2D eigenvalue weighted by atomic mass is 9.85. The van der Waals surface area contributed by atoms with Crippen LogP contribution >= 0.6 is 0 Å². The molecule has 0 amide bonds. The van der Waals surface area contributed by atoms with Crippen LogP contribution in [0.25, 0.3) is 111 Å². The minimum Gasteiger partial charge on any atom is -0.209 e. The fourth-order valence-electron chi connectivity index (χ4n) is 9.87. The van der Waals surface area contributed by atoms with Crippen molar-refractivity contribution in [2.24, 2.45) is 5.92 Å². The molecule has 0 aliphatic heterocycles. The Hall–Kier alpha value is -8.79. The first-order valence-corrected chi connectivity index (χ1v) is 23.8. The summed E-state index contributed by atoms with van der Waals surface area (Å²) in [4.78, 5) is 15.8. The lowest BCUT2D eigenvalue weighted by Gasteiger charge is -2.21. The first-order chi connectivity index (χ1) is 34.1. The second-order valence-electron chi connectivity index (χ2n) is 18.0. The Balaban J connectivity index is 0.907. The van der Waals surface area contributed by atoms with Crippen molar-refractivity contribution in [2.75, 3.05) is 0 Å². The van der Waals surface area contributed by atoms with Crippen molar-refractivity contribution >= 4 is 32.7 Å². The molecule has 69 heavy (non-hydrogen) atoms. The van der Waals surface area contributed by atoms with E-state index in [0.717, 1.165) is 45.4 Å². The van der Waals surface area contributed by atoms with Crippen molar-refractivity contribution in [3.63, 3.8) is 0 Å². The minimum absolute atomic E-state index is 0.214. The van der Waals surface area contributed by atoms with E-state index in [4.69, 9.17) is 15.0 Å². The third-order valence-corrected chi connectivity index (χ3v) is 13.6. The van der Waals surface area contributed by atoms with E-state index < -0.39 is 0 Å². The smallest absolute Gasteiger partial charge is 0.164 e. The van der Waals surface area contributed by atoms with E-state index in [1.807, 2.05) is 0 Å². The summed E-state index contributed by atoms with van der Waals surface area (Å²) in [5, 5.41) is 4.95. The summed E-state index contributed by atoms with van der Waals surface area (Å²) in [6, 6.07) is 84.5. The van der Waals surface area contributed by atoms with Crippen LogP contribution in [-0.4, -0.2) is 15.0 Å². The maximum absolute atomic E-state index is 5.29. The molecule has 0 bridgehead atoms. The van der Waals surface area contributed by atoms with Gasteiger partial charge in [-0.15, -0.1) is 0 Å². The molecule has 0 spiro atoms. The van der Waals surface area contributed by atoms with Gasteiger partial charge in [-0.1, -0.05) is 231 Å². The summed E-state index contributed by atoms with van der Waals surface area (Å²) >= 11 is 0. The Morgan fingerprint density at radius 1 is 0.319 bits per heavy atom. The maximum atomic E-state index is 5.29. The Morgan fingerprint density at radius 2 is 0.696 bits per heavy atom. The average Bonchev–Trinajstić information content (AvgIpc) is 3.43. The Bertz CT molecular complexity index is 3740. The number of allylic oxidation sites excluding steroid dienone is 4. The van der Waals surface area contributed by atoms with E-state index in [0.29, 0.717) is 17.5 Å². The van der Waals surface area contributed by atoms with E-state index >= 15 is 0 Å². The maximum Gasteiger partial charge on any atom is 0.164 e. The molecule has 0 radical (unpaired) electrons. The third-order valence-electron chi connectivity index (χ3n) is 13.6. The van der Waals surface area contributed by atoms with Crippen molar-refractivity contribution in [2.45, 2.75) is 13.3 Å². The van der Waals surface area contributed by atoms with Gasteiger partial charge in [0, 0.05) is 16.7 Å². The molecule has 326 valence electrons. The van der Waals surface area contributed by atoms with Gasteiger partial charge in [0.05, 0.1) is 0 Å². The zero-order valence-electron chi connectivity index (χ0n) is 38.3. The van der Waals surface area contributed by atoms with Gasteiger partial charge >= 0.3 is 0 Å². The van der Waals surface area contributed by atoms with Crippen LogP contribution in [0.3, 0.4) is 0 Å². The average molecular weight is 882 g/mol. The lowest BCUT2D eigenvalue weighted by Crippen LogP contribution is -2.09. The largest absolute Gasteiger partial charge is 0.209 e. The Labute approximate surface area is 403 Å². The molecule has 0 saturated heterocycles. The number of rotatable bonds is 9. The molecule has 1 heterocycles. The second kappa shape index (κ2) is 18.1. The predicted molar refractivity (Wildman–Crippen MR) is 289 cm³/mol. The number of nitrogens with zero attached hydrogens (tertiary/aromatic N) is 3. The Morgan fingerprint density at radius 3 is 1.26 bits per heavy atom. The van der Waals surface area contributed by atoms with Gasteiger partial charge in [-0.2, -0.15) is 0 Å². The van der Waals surface area contributed by atoms with Crippen LogP contribution in [0.5, 0.6) is 0 Å². The molecule has 0 N–H and O–H groups in total. The number of hydrogen-bond acceptors (Lipinski definition) is 3. The van der Waals surface area contributed by atoms with Gasteiger partial charge in [-0.25, -0.2) is 15.0 Å². The van der Waals surface area contributed by atoms with E-state index in [2.05, 4.69) is 256 Å². The monoisotopic (exact) mass is 881 g/mol. The quantitative estimate of drug-likeness (QED) is 0.145. The molecular formula is C66H47N3. The van der Waals surface area contributed by atoms with Gasteiger partial charge in [0.2, 0.25) is 0 Å². The predicted octanol–water partition coefficient (Wildman–Crippen LogP) is 17.4. The van der Waals surface area contributed by atoms with Crippen molar-refractivity contribution in [3.8, 4) is 78.4 Å². The topological polar surface area (TPSA) is 38.7 Å². The van der Waals surface area contributed by atoms with Crippen LogP contribution in [0.15, 0.2) is 249 Å². The fourth-order valence-corrected chi connectivity index (χ4v) is 9.87. The highest BCUT2D eigenvalue weighted by Gasteiger charge is 2.22. The summed E-state index contributed by atoms with van der Waals surface area (Å²) in [7, 11) is 0. The summed E-state index contributed by atoms with van der Waals surface area (Å²) in [5.41, 5.74) is 17.2. The third kappa shape index (κ3) is 8.36. The van der Waals surface area contributed by atoms with Crippen molar-refractivity contribution in [1.29, 1.82) is 0 Å². The standard InChI is InChI=1S/C66H47N3/c1-44-30-31-58(62-29-13-19-49-17-6-8-27-60(49)62)43-63(44)66-68-64(50-36-32-46(33-37-50)53-21-10-24-56(41-53)55-23-9-20-52(40-55)45-14-3-2-4-15-45)67-65(69-66)51-38-34-47(35-39-51)54-22-11-25-57(42-54)61-28-12-18-48-16-5-7-26-59(48)61/h2-29,31-44H,30H2,1H3. The van der Waals surface area contributed by atoms with Crippen LogP contribution in [0.2, 0.25) is 0 Å². The highest BCUT2D eigenvalue weighted by molar-refractivity contribution is 5.99. The van der Waals surface area contributed by atoms with E-state index in [1.54, 1.807) is 0 Å². The van der Waals surface area contributed by atoms with Crippen LogP contribution in [0.1, 0.15) is 24.7 Å². The molecular weight excluding hydrogens is 835 g/mol. The normalized spacial score (nSPS) is 13.6. The van der Waals surface area contributed by atoms with Gasteiger partial charge in [-0.05, 0) is 125 Å². The number of aromatic nitrogens is 3. The minimum atomic E-state index is 0.214. The summed E-state index contributed by atoms with van der Waals surface area (Å²) in [6.45, 7) is 2.27. The molecule has 1 atom stereocenters. The van der Waals surface area contributed by atoms with E-state index in [9.17, 15) is 0 Å². The highest BCUT2D eigenvalue weighted by atomic mass is 15.0. The first-order valence-electron chi connectivity index (χ1n) is 23.8. The van der Waals surface area contributed by atoms with Crippen LogP contribution in [0, 0.1) is 5.92 Å². The highest BCUT2D eigenvalue weighted by Crippen LogP contribution is 2.39. The molecule has 11 aromatic rings. The Kier molecular flexibility index (Phi) is 10.9. The van der Waals surface area contributed by atoms with Gasteiger partial charge < -0.3 is 0 Å². The van der Waals surface area contributed by atoms with Crippen LogP contribution in [-0.2, 0) is 0 Å². The number of hydrogen-bond donors (Lipinski definition) is 0. The molecule has 0 saturated carbocycles. The van der Waals surface area contributed by atoms with Crippen LogP contribution < -0.4 is 0 Å². The zero-order valence-corrected chi connectivity index (χ0v) is 38.3. The fraction of sp³-hybridized carbons (Fsp3) is 0.0455. The number of fused-ring (bicyclic) bond motifs is 2. The van der Waals surface area contributed by atoms with Gasteiger partial charge in [0.15, 0.2) is 17.5 Å². The summed E-state index contributed by atoms with van der Waals surface area (Å²) in [6.07, 6.45) is 5.55. The molecule has 3 heteroatoms. The molecule has 10 aromatic carbocycles.